The molecule has 6 nitrogen and oxygen atoms in total. The summed E-state index contributed by atoms with van der Waals surface area (Å²) in [6, 6.07) is 5.00. The van der Waals surface area contributed by atoms with Crippen molar-refractivity contribution in [1.82, 2.24) is 4.98 Å². The van der Waals surface area contributed by atoms with E-state index >= 15 is 0 Å². The SMILES string of the molecule is CCOC(=O)c1coc(-c2oc3cccc(O)c3c2C)n1. The fourth-order valence-electron chi connectivity index (χ4n) is 2.16. The number of benzene rings is 1. The Hall–Kier alpha value is -2.76. The lowest BCUT2D eigenvalue weighted by atomic mass is 10.1. The van der Waals surface area contributed by atoms with Gasteiger partial charge in [0.25, 0.3) is 5.89 Å². The lowest BCUT2D eigenvalue weighted by Gasteiger charge is -1.95. The Morgan fingerprint density at radius 1 is 1.43 bits per heavy atom. The molecule has 0 aliphatic heterocycles. The average molecular weight is 287 g/mol. The first-order valence-electron chi connectivity index (χ1n) is 6.46. The van der Waals surface area contributed by atoms with Gasteiger partial charge in [0.05, 0.1) is 12.0 Å². The van der Waals surface area contributed by atoms with Gasteiger partial charge < -0.3 is 18.7 Å². The maximum atomic E-state index is 11.6. The molecule has 0 fully saturated rings. The molecule has 0 aliphatic rings. The molecule has 0 saturated heterocycles. The van der Waals surface area contributed by atoms with Crippen molar-refractivity contribution < 1.29 is 23.5 Å². The summed E-state index contributed by atoms with van der Waals surface area (Å²) >= 11 is 0. The normalized spacial score (nSPS) is 11.0. The summed E-state index contributed by atoms with van der Waals surface area (Å²) in [6.07, 6.45) is 1.22. The summed E-state index contributed by atoms with van der Waals surface area (Å²) in [4.78, 5) is 15.7. The van der Waals surface area contributed by atoms with Gasteiger partial charge in [-0.2, -0.15) is 4.98 Å². The first kappa shape index (κ1) is 13.2. The minimum Gasteiger partial charge on any atom is -0.507 e. The largest absolute Gasteiger partial charge is 0.507 e. The molecule has 2 heterocycles. The molecule has 3 aromatic rings. The van der Waals surface area contributed by atoms with E-state index in [0.29, 0.717) is 22.3 Å². The second-order valence-electron chi connectivity index (χ2n) is 4.46. The highest BCUT2D eigenvalue weighted by atomic mass is 16.5. The van der Waals surface area contributed by atoms with Gasteiger partial charge in [0, 0.05) is 5.56 Å². The van der Waals surface area contributed by atoms with Crippen LogP contribution in [0.1, 0.15) is 23.0 Å². The van der Waals surface area contributed by atoms with E-state index in [0.717, 1.165) is 0 Å². The molecule has 6 heteroatoms. The van der Waals surface area contributed by atoms with E-state index in [4.69, 9.17) is 13.6 Å². The zero-order valence-electron chi connectivity index (χ0n) is 11.5. The summed E-state index contributed by atoms with van der Waals surface area (Å²) in [5.41, 5.74) is 1.30. The molecule has 0 bridgehead atoms. The van der Waals surface area contributed by atoms with E-state index in [9.17, 15) is 9.90 Å². The predicted molar refractivity (Wildman–Crippen MR) is 74.1 cm³/mol. The van der Waals surface area contributed by atoms with E-state index in [-0.39, 0.29) is 23.9 Å². The van der Waals surface area contributed by atoms with E-state index in [1.54, 1.807) is 32.0 Å². The number of phenolic OH excluding ortho intramolecular Hbond substituents is 1. The number of carbonyl (C=O) groups excluding carboxylic acids is 1. The minimum atomic E-state index is -0.552. The van der Waals surface area contributed by atoms with Crippen LogP contribution in [0.4, 0.5) is 0 Å². The van der Waals surface area contributed by atoms with Crippen molar-refractivity contribution in [2.75, 3.05) is 6.61 Å². The standard InChI is InChI=1S/C15H13NO5/c1-3-19-15(18)9-7-20-14(16-9)13-8(2)12-10(17)5-4-6-11(12)21-13/h4-7,17H,3H2,1-2H3. The number of esters is 1. The van der Waals surface area contributed by atoms with E-state index in [1.165, 1.54) is 6.26 Å². The Kier molecular flexibility index (Phi) is 3.13. The number of fused-ring (bicyclic) bond motifs is 1. The number of rotatable bonds is 3. The van der Waals surface area contributed by atoms with Gasteiger partial charge in [0.1, 0.15) is 17.6 Å². The van der Waals surface area contributed by atoms with Crippen molar-refractivity contribution in [3.63, 3.8) is 0 Å². The predicted octanol–water partition coefficient (Wildman–Crippen LogP) is 3.28. The minimum absolute atomic E-state index is 0.0796. The molecule has 108 valence electrons. The van der Waals surface area contributed by atoms with Crippen LogP contribution in [0.3, 0.4) is 0 Å². The van der Waals surface area contributed by atoms with Crippen LogP contribution in [0.25, 0.3) is 22.6 Å². The number of hydrogen-bond acceptors (Lipinski definition) is 6. The third-order valence-electron chi connectivity index (χ3n) is 3.11. The summed E-state index contributed by atoms with van der Waals surface area (Å²) < 4.78 is 15.8. The topological polar surface area (TPSA) is 85.7 Å². The van der Waals surface area contributed by atoms with Crippen LogP contribution in [0.15, 0.2) is 33.3 Å². The van der Waals surface area contributed by atoms with Crippen LogP contribution >= 0.6 is 0 Å². The third kappa shape index (κ3) is 2.14. The summed E-state index contributed by atoms with van der Waals surface area (Å²) in [5, 5.41) is 10.5. The molecule has 0 atom stereocenters. The molecular weight excluding hydrogens is 274 g/mol. The fourth-order valence-corrected chi connectivity index (χ4v) is 2.16. The molecule has 1 N–H and O–H groups in total. The Bertz CT molecular complexity index is 815. The van der Waals surface area contributed by atoms with E-state index in [1.807, 2.05) is 0 Å². The second kappa shape index (κ2) is 4.97. The van der Waals surface area contributed by atoms with Crippen molar-refractivity contribution in [3.05, 3.63) is 35.7 Å². The molecule has 1 aromatic carbocycles. The average Bonchev–Trinajstić information content (AvgIpc) is 3.05. The number of aryl methyl sites for hydroxylation is 1. The van der Waals surface area contributed by atoms with Crippen LogP contribution in [-0.4, -0.2) is 22.7 Å². The van der Waals surface area contributed by atoms with Crippen LogP contribution in [0.5, 0.6) is 5.75 Å². The van der Waals surface area contributed by atoms with E-state index < -0.39 is 5.97 Å². The zero-order chi connectivity index (χ0) is 15.0. The summed E-state index contributed by atoms with van der Waals surface area (Å²) in [6.45, 7) is 3.76. The Morgan fingerprint density at radius 2 is 2.24 bits per heavy atom. The maximum absolute atomic E-state index is 11.6. The van der Waals surface area contributed by atoms with Gasteiger partial charge in [-0.3, -0.25) is 0 Å². The number of carbonyl (C=O) groups is 1. The maximum Gasteiger partial charge on any atom is 0.360 e. The van der Waals surface area contributed by atoms with Crippen LogP contribution < -0.4 is 0 Å². The van der Waals surface area contributed by atoms with Gasteiger partial charge in [0.15, 0.2) is 11.5 Å². The number of aromatic hydroxyl groups is 1. The summed E-state index contributed by atoms with van der Waals surface area (Å²) in [7, 11) is 0. The Balaban J connectivity index is 2.07. The van der Waals surface area contributed by atoms with Gasteiger partial charge >= 0.3 is 5.97 Å². The number of aromatic nitrogens is 1. The summed E-state index contributed by atoms with van der Waals surface area (Å²) in [5.74, 6) is 0.120. The fraction of sp³-hybridized carbons (Fsp3) is 0.200. The molecule has 2 aromatic heterocycles. The second-order valence-corrected chi connectivity index (χ2v) is 4.46. The van der Waals surface area contributed by atoms with Crippen molar-refractivity contribution in [1.29, 1.82) is 0 Å². The number of nitrogens with zero attached hydrogens (tertiary/aromatic N) is 1. The zero-order valence-corrected chi connectivity index (χ0v) is 11.5. The Morgan fingerprint density at radius 3 is 2.95 bits per heavy atom. The lowest BCUT2D eigenvalue weighted by molar-refractivity contribution is 0.0519. The molecule has 0 unspecified atom stereocenters. The van der Waals surface area contributed by atoms with Gasteiger partial charge in [-0.05, 0) is 26.0 Å². The Labute approximate surface area is 120 Å². The molecule has 0 aliphatic carbocycles. The van der Waals surface area contributed by atoms with E-state index in [2.05, 4.69) is 4.98 Å². The molecule has 21 heavy (non-hydrogen) atoms. The first-order chi connectivity index (χ1) is 10.1. The van der Waals surface area contributed by atoms with Crippen molar-refractivity contribution in [2.24, 2.45) is 0 Å². The smallest absolute Gasteiger partial charge is 0.360 e. The number of hydrogen-bond donors (Lipinski definition) is 1. The van der Waals surface area contributed by atoms with Gasteiger partial charge in [-0.15, -0.1) is 0 Å². The number of oxazole rings is 1. The molecular formula is C15H13NO5. The number of ether oxygens (including phenoxy) is 1. The van der Waals surface area contributed by atoms with Crippen LogP contribution in [0.2, 0.25) is 0 Å². The number of furan rings is 1. The monoisotopic (exact) mass is 287 g/mol. The van der Waals surface area contributed by atoms with Crippen LogP contribution in [0, 0.1) is 6.92 Å². The van der Waals surface area contributed by atoms with Crippen LogP contribution in [-0.2, 0) is 4.74 Å². The van der Waals surface area contributed by atoms with Gasteiger partial charge in [-0.1, -0.05) is 6.07 Å². The molecule has 0 radical (unpaired) electrons. The third-order valence-corrected chi connectivity index (χ3v) is 3.11. The van der Waals surface area contributed by atoms with Crippen molar-refractivity contribution in [2.45, 2.75) is 13.8 Å². The van der Waals surface area contributed by atoms with Crippen molar-refractivity contribution in [3.8, 4) is 17.4 Å². The first-order valence-corrected chi connectivity index (χ1v) is 6.46. The highest BCUT2D eigenvalue weighted by molar-refractivity contribution is 5.92. The molecule has 0 saturated carbocycles. The van der Waals surface area contributed by atoms with Crippen molar-refractivity contribution >= 4 is 16.9 Å². The van der Waals surface area contributed by atoms with Gasteiger partial charge in [0.2, 0.25) is 0 Å². The number of phenols is 1. The molecule has 0 amide bonds. The highest BCUT2D eigenvalue weighted by Gasteiger charge is 2.21. The molecule has 0 spiro atoms. The lowest BCUT2D eigenvalue weighted by Crippen LogP contribution is -2.04. The van der Waals surface area contributed by atoms with Gasteiger partial charge in [-0.25, -0.2) is 4.79 Å². The quantitative estimate of drug-likeness (QED) is 0.744. The highest BCUT2D eigenvalue weighted by Crippen LogP contribution is 2.36. The molecule has 3 rings (SSSR count).